The van der Waals surface area contributed by atoms with E-state index in [4.69, 9.17) is 4.74 Å². The van der Waals surface area contributed by atoms with E-state index in [-0.39, 0.29) is 17.9 Å². The van der Waals surface area contributed by atoms with Gasteiger partial charge in [0.15, 0.2) is 0 Å². The number of nitrogens with zero attached hydrogens (tertiary/aromatic N) is 2. The minimum Gasteiger partial charge on any atom is -0.376 e. The molecule has 1 aromatic carbocycles. The molecule has 2 amide bonds. The van der Waals surface area contributed by atoms with Crippen LogP contribution in [0.1, 0.15) is 65.9 Å². The van der Waals surface area contributed by atoms with E-state index in [1.807, 2.05) is 48.2 Å². The van der Waals surface area contributed by atoms with Crippen molar-refractivity contribution in [1.82, 2.24) is 9.88 Å². The molecule has 1 saturated carbocycles. The lowest BCUT2D eigenvalue weighted by Crippen LogP contribution is -2.61. The first-order valence-electron chi connectivity index (χ1n) is 11.3. The number of hydrogen-bond donors (Lipinski definition) is 1. The monoisotopic (exact) mass is 419 g/mol. The average Bonchev–Trinajstić information content (AvgIpc) is 3.46. The number of anilines is 1. The Labute approximate surface area is 183 Å². The lowest BCUT2D eigenvalue weighted by Gasteiger charge is -2.50. The van der Waals surface area contributed by atoms with Crippen molar-refractivity contribution in [3.8, 4) is 0 Å². The summed E-state index contributed by atoms with van der Waals surface area (Å²) in [5, 5.41) is 3.04. The highest BCUT2D eigenvalue weighted by Crippen LogP contribution is 2.50. The fourth-order valence-electron chi connectivity index (χ4n) is 5.66. The van der Waals surface area contributed by atoms with Crippen LogP contribution in [0.5, 0.6) is 0 Å². The molecule has 1 aromatic heterocycles. The maximum Gasteiger partial charge on any atom is 0.254 e. The van der Waals surface area contributed by atoms with Gasteiger partial charge in [0, 0.05) is 24.9 Å². The van der Waals surface area contributed by atoms with Crippen LogP contribution in [0.3, 0.4) is 0 Å². The Morgan fingerprint density at radius 2 is 2.00 bits per heavy atom. The van der Waals surface area contributed by atoms with E-state index in [0.29, 0.717) is 17.9 Å². The van der Waals surface area contributed by atoms with Gasteiger partial charge in [-0.2, -0.15) is 0 Å². The van der Waals surface area contributed by atoms with Crippen molar-refractivity contribution in [3.63, 3.8) is 0 Å². The standard InChI is InChI=1S/C25H29N3O3/c1-17-10-11-21(26-15-17)27-23(29)22-19-8-2-3-9-20(19)24(30)28(16-18-7-6-14-31-18)25(22)12-4-5-13-25/h2-3,8-11,15,18,22H,4-7,12-14,16H2,1H3,(H,26,27,29)/t18-,22+/m1/s1. The molecule has 31 heavy (non-hydrogen) atoms. The molecule has 2 fully saturated rings. The second-order valence-electron chi connectivity index (χ2n) is 9.09. The van der Waals surface area contributed by atoms with E-state index < -0.39 is 11.5 Å². The van der Waals surface area contributed by atoms with Gasteiger partial charge in [-0.25, -0.2) is 4.98 Å². The highest BCUT2D eigenvalue weighted by atomic mass is 16.5. The molecule has 2 aliphatic heterocycles. The van der Waals surface area contributed by atoms with Crippen LogP contribution in [-0.2, 0) is 9.53 Å². The van der Waals surface area contributed by atoms with Crippen LogP contribution in [0, 0.1) is 6.92 Å². The third-order valence-electron chi connectivity index (χ3n) is 7.13. The number of aromatic nitrogens is 1. The van der Waals surface area contributed by atoms with Gasteiger partial charge in [-0.15, -0.1) is 0 Å². The van der Waals surface area contributed by atoms with Crippen LogP contribution in [0.2, 0.25) is 0 Å². The summed E-state index contributed by atoms with van der Waals surface area (Å²) >= 11 is 0. The van der Waals surface area contributed by atoms with Crippen molar-refractivity contribution < 1.29 is 14.3 Å². The largest absolute Gasteiger partial charge is 0.376 e. The average molecular weight is 420 g/mol. The molecule has 0 radical (unpaired) electrons. The third-order valence-corrected chi connectivity index (χ3v) is 7.13. The van der Waals surface area contributed by atoms with Gasteiger partial charge in [-0.05, 0) is 55.9 Å². The van der Waals surface area contributed by atoms with E-state index in [1.54, 1.807) is 6.20 Å². The van der Waals surface area contributed by atoms with Gasteiger partial charge in [0.2, 0.25) is 5.91 Å². The molecule has 6 nitrogen and oxygen atoms in total. The molecular formula is C25H29N3O3. The molecule has 1 saturated heterocycles. The quantitative estimate of drug-likeness (QED) is 0.811. The van der Waals surface area contributed by atoms with Crippen molar-refractivity contribution in [2.75, 3.05) is 18.5 Å². The Bertz CT molecular complexity index is 976. The van der Waals surface area contributed by atoms with Gasteiger partial charge in [0.05, 0.1) is 17.6 Å². The smallest absolute Gasteiger partial charge is 0.254 e. The predicted molar refractivity (Wildman–Crippen MR) is 118 cm³/mol. The summed E-state index contributed by atoms with van der Waals surface area (Å²) in [7, 11) is 0. The predicted octanol–water partition coefficient (Wildman–Crippen LogP) is 4.06. The zero-order valence-corrected chi connectivity index (χ0v) is 18.0. The Morgan fingerprint density at radius 3 is 2.71 bits per heavy atom. The Hall–Kier alpha value is -2.73. The molecule has 3 aliphatic rings. The SMILES string of the molecule is Cc1ccc(NC(=O)[C@@H]2c3ccccc3C(=O)N(C[C@H]3CCCO3)C23CCCC3)nc1. The van der Waals surface area contributed by atoms with E-state index in [1.165, 1.54) is 0 Å². The number of aryl methyl sites for hydroxylation is 1. The first kappa shape index (κ1) is 20.2. The van der Waals surface area contributed by atoms with Gasteiger partial charge in [0.1, 0.15) is 5.82 Å². The topological polar surface area (TPSA) is 71.5 Å². The Kier molecular flexibility index (Phi) is 5.26. The molecule has 1 N–H and O–H groups in total. The minimum atomic E-state index is -0.508. The number of carbonyl (C=O) groups is 2. The third kappa shape index (κ3) is 3.53. The fraction of sp³-hybridized carbons (Fsp3) is 0.480. The van der Waals surface area contributed by atoms with Gasteiger partial charge in [0.25, 0.3) is 5.91 Å². The number of hydrogen-bond acceptors (Lipinski definition) is 4. The van der Waals surface area contributed by atoms with Crippen molar-refractivity contribution >= 4 is 17.6 Å². The molecule has 0 bridgehead atoms. The number of benzene rings is 1. The number of fused-ring (bicyclic) bond motifs is 1. The fourth-order valence-corrected chi connectivity index (χ4v) is 5.66. The zero-order chi connectivity index (χ0) is 21.4. The van der Waals surface area contributed by atoms with Gasteiger partial charge in [-0.1, -0.05) is 37.1 Å². The van der Waals surface area contributed by atoms with Crippen LogP contribution in [0.25, 0.3) is 0 Å². The Balaban J connectivity index is 1.56. The molecule has 5 rings (SSSR count). The maximum absolute atomic E-state index is 13.7. The second-order valence-corrected chi connectivity index (χ2v) is 9.09. The first-order valence-corrected chi connectivity index (χ1v) is 11.3. The second kappa shape index (κ2) is 8.08. The van der Waals surface area contributed by atoms with Crippen LogP contribution >= 0.6 is 0 Å². The van der Waals surface area contributed by atoms with E-state index >= 15 is 0 Å². The highest BCUT2D eigenvalue weighted by Gasteiger charge is 2.56. The lowest BCUT2D eigenvalue weighted by molar-refractivity contribution is -0.121. The Morgan fingerprint density at radius 1 is 1.19 bits per heavy atom. The van der Waals surface area contributed by atoms with Crippen LogP contribution in [0.4, 0.5) is 5.82 Å². The van der Waals surface area contributed by atoms with Crippen LogP contribution in [0.15, 0.2) is 42.6 Å². The van der Waals surface area contributed by atoms with Crippen LogP contribution < -0.4 is 5.32 Å². The molecule has 1 spiro atoms. The van der Waals surface area contributed by atoms with Crippen LogP contribution in [-0.4, -0.2) is 46.5 Å². The normalized spacial score (nSPS) is 24.4. The molecule has 1 aliphatic carbocycles. The molecule has 3 heterocycles. The van der Waals surface area contributed by atoms with Gasteiger partial charge < -0.3 is 15.0 Å². The molecule has 162 valence electrons. The van der Waals surface area contributed by atoms with Gasteiger partial charge in [-0.3, -0.25) is 9.59 Å². The van der Waals surface area contributed by atoms with Crippen molar-refractivity contribution in [3.05, 3.63) is 59.3 Å². The zero-order valence-electron chi connectivity index (χ0n) is 18.0. The summed E-state index contributed by atoms with van der Waals surface area (Å²) in [6.45, 7) is 3.27. The lowest BCUT2D eigenvalue weighted by atomic mass is 9.71. The summed E-state index contributed by atoms with van der Waals surface area (Å²) in [6, 6.07) is 11.4. The number of pyridine rings is 1. The molecule has 2 aromatic rings. The minimum absolute atomic E-state index is 0.0329. The number of nitrogens with one attached hydrogen (secondary N) is 1. The molecule has 0 unspecified atom stereocenters. The number of amides is 2. The van der Waals surface area contributed by atoms with Crippen molar-refractivity contribution in [1.29, 1.82) is 0 Å². The van der Waals surface area contributed by atoms with E-state index in [0.717, 1.165) is 56.3 Å². The molecule has 6 heteroatoms. The summed E-state index contributed by atoms with van der Waals surface area (Å²) in [5.41, 5.74) is 2.01. The summed E-state index contributed by atoms with van der Waals surface area (Å²) in [5.74, 6) is 0.0678. The summed E-state index contributed by atoms with van der Waals surface area (Å²) in [4.78, 5) is 33.8. The molecule has 2 atom stereocenters. The highest BCUT2D eigenvalue weighted by molar-refractivity contribution is 6.05. The number of ether oxygens (including phenoxy) is 1. The molecular weight excluding hydrogens is 390 g/mol. The maximum atomic E-state index is 13.7. The van der Waals surface area contributed by atoms with Gasteiger partial charge >= 0.3 is 0 Å². The van der Waals surface area contributed by atoms with Crippen molar-refractivity contribution in [2.24, 2.45) is 0 Å². The summed E-state index contributed by atoms with van der Waals surface area (Å²) in [6.07, 6.45) is 7.50. The summed E-state index contributed by atoms with van der Waals surface area (Å²) < 4.78 is 5.89. The van der Waals surface area contributed by atoms with Crippen molar-refractivity contribution in [2.45, 2.75) is 63.0 Å². The first-order chi connectivity index (χ1) is 15.1. The number of carbonyl (C=O) groups excluding carboxylic acids is 2. The number of rotatable bonds is 4. The van der Waals surface area contributed by atoms with E-state index in [9.17, 15) is 9.59 Å². The van der Waals surface area contributed by atoms with E-state index in [2.05, 4.69) is 10.3 Å².